The van der Waals surface area contributed by atoms with Crippen molar-refractivity contribution in [3.05, 3.63) is 35.0 Å². The van der Waals surface area contributed by atoms with Crippen LogP contribution in [0.1, 0.15) is 43.1 Å². The molecule has 2 amide bonds. The molecule has 6 heteroatoms. The zero-order valence-corrected chi connectivity index (χ0v) is 15.7. The number of hydrogen-bond donors (Lipinski definition) is 2. The summed E-state index contributed by atoms with van der Waals surface area (Å²) >= 11 is 6.02. The van der Waals surface area contributed by atoms with E-state index in [1.54, 1.807) is 0 Å². The van der Waals surface area contributed by atoms with E-state index in [1.165, 1.54) is 0 Å². The first-order chi connectivity index (χ1) is 12.5. The van der Waals surface area contributed by atoms with Crippen LogP contribution in [0.25, 0.3) is 10.9 Å². The van der Waals surface area contributed by atoms with Gasteiger partial charge in [-0.15, -0.1) is 0 Å². The van der Waals surface area contributed by atoms with Crippen molar-refractivity contribution in [3.63, 3.8) is 0 Å². The number of aromatic amines is 1. The Balaban J connectivity index is 1.37. The molecule has 1 aromatic carbocycles. The highest BCUT2D eigenvalue weighted by Gasteiger charge is 2.32. The number of benzene rings is 1. The van der Waals surface area contributed by atoms with E-state index in [1.807, 2.05) is 36.1 Å². The number of H-pyrrole nitrogens is 1. The molecule has 26 heavy (non-hydrogen) atoms. The van der Waals surface area contributed by atoms with E-state index in [0.29, 0.717) is 35.8 Å². The van der Waals surface area contributed by atoms with Crippen molar-refractivity contribution in [1.29, 1.82) is 0 Å². The maximum absolute atomic E-state index is 12.8. The van der Waals surface area contributed by atoms with Gasteiger partial charge in [0.05, 0.1) is 0 Å². The Hall–Kier alpha value is -2.01. The highest BCUT2D eigenvalue weighted by atomic mass is 35.5. The number of carbonyl (C=O) groups excluding carboxylic acids is 2. The average Bonchev–Trinajstić information content (AvgIpc) is 3.36. The van der Waals surface area contributed by atoms with E-state index < -0.39 is 0 Å². The van der Waals surface area contributed by atoms with Crippen LogP contribution >= 0.6 is 11.6 Å². The summed E-state index contributed by atoms with van der Waals surface area (Å²) < 4.78 is 0. The molecule has 1 aliphatic heterocycles. The molecule has 1 atom stereocenters. The first-order valence-corrected chi connectivity index (χ1v) is 9.77. The lowest BCUT2D eigenvalue weighted by Crippen LogP contribution is -2.43. The van der Waals surface area contributed by atoms with Gasteiger partial charge in [0.2, 0.25) is 5.91 Å². The Morgan fingerprint density at radius 1 is 1.19 bits per heavy atom. The Morgan fingerprint density at radius 3 is 2.62 bits per heavy atom. The van der Waals surface area contributed by atoms with Crippen LogP contribution in [0.3, 0.4) is 0 Å². The Labute approximate surface area is 158 Å². The molecule has 2 N–H and O–H groups in total. The number of nitrogens with zero attached hydrogens (tertiary/aromatic N) is 1. The van der Waals surface area contributed by atoms with Crippen molar-refractivity contribution in [1.82, 2.24) is 15.2 Å². The van der Waals surface area contributed by atoms with E-state index in [-0.39, 0.29) is 17.7 Å². The van der Waals surface area contributed by atoms with Crippen LogP contribution in [0.2, 0.25) is 5.02 Å². The van der Waals surface area contributed by atoms with Crippen LogP contribution in [0.15, 0.2) is 24.3 Å². The fraction of sp³-hybridized carbons (Fsp3) is 0.500. The SMILES string of the molecule is CC(C(=O)NC1CC1)C1CCN(C(=O)c2cc3cc(Cl)ccc3[nH]2)CC1. The molecule has 4 rings (SSSR count). The average molecular weight is 374 g/mol. The van der Waals surface area contributed by atoms with Gasteiger partial charge in [-0.25, -0.2) is 0 Å². The van der Waals surface area contributed by atoms with Gasteiger partial charge in [0.15, 0.2) is 0 Å². The van der Waals surface area contributed by atoms with Gasteiger partial charge in [-0.2, -0.15) is 0 Å². The van der Waals surface area contributed by atoms with E-state index >= 15 is 0 Å². The molecule has 2 aliphatic rings. The summed E-state index contributed by atoms with van der Waals surface area (Å²) in [5.41, 5.74) is 1.51. The zero-order chi connectivity index (χ0) is 18.3. The van der Waals surface area contributed by atoms with Crippen LogP contribution in [-0.4, -0.2) is 40.8 Å². The van der Waals surface area contributed by atoms with Gasteiger partial charge in [-0.3, -0.25) is 9.59 Å². The quantitative estimate of drug-likeness (QED) is 0.860. The van der Waals surface area contributed by atoms with Crippen molar-refractivity contribution in [2.75, 3.05) is 13.1 Å². The number of piperidine rings is 1. The molecule has 2 heterocycles. The number of fused-ring (bicyclic) bond motifs is 1. The molecular weight excluding hydrogens is 350 g/mol. The Bertz CT molecular complexity index is 835. The van der Waals surface area contributed by atoms with Crippen molar-refractivity contribution in [3.8, 4) is 0 Å². The minimum absolute atomic E-state index is 0.0167. The standard InChI is InChI=1S/C20H24ClN3O2/c1-12(19(25)22-16-3-4-16)13-6-8-24(9-7-13)20(26)18-11-14-10-15(21)2-5-17(14)23-18/h2,5,10-13,16,23H,3-4,6-9H2,1H3,(H,22,25). The molecule has 1 saturated carbocycles. The third kappa shape index (κ3) is 3.58. The van der Waals surface area contributed by atoms with Crippen molar-refractivity contribution in [2.45, 2.75) is 38.6 Å². The van der Waals surface area contributed by atoms with Gasteiger partial charge in [0.1, 0.15) is 5.69 Å². The lowest BCUT2D eigenvalue weighted by molar-refractivity contribution is -0.126. The largest absolute Gasteiger partial charge is 0.353 e. The molecule has 1 aromatic heterocycles. The molecule has 0 radical (unpaired) electrons. The molecule has 1 unspecified atom stereocenters. The lowest BCUT2D eigenvalue weighted by Gasteiger charge is -2.34. The molecule has 2 fully saturated rings. The smallest absolute Gasteiger partial charge is 0.270 e. The third-order valence-electron chi connectivity index (χ3n) is 5.68. The maximum Gasteiger partial charge on any atom is 0.270 e. The molecular formula is C20H24ClN3O2. The number of hydrogen-bond acceptors (Lipinski definition) is 2. The van der Waals surface area contributed by atoms with Crippen LogP contribution in [0.5, 0.6) is 0 Å². The van der Waals surface area contributed by atoms with Crippen molar-refractivity contribution < 1.29 is 9.59 Å². The normalized spacial score (nSPS) is 19.5. The first kappa shape index (κ1) is 17.4. The minimum Gasteiger partial charge on any atom is -0.353 e. The number of aromatic nitrogens is 1. The monoisotopic (exact) mass is 373 g/mol. The van der Waals surface area contributed by atoms with E-state index in [0.717, 1.165) is 36.6 Å². The van der Waals surface area contributed by atoms with E-state index in [9.17, 15) is 9.59 Å². The second-order valence-electron chi connectivity index (χ2n) is 7.62. The lowest BCUT2D eigenvalue weighted by atomic mass is 9.84. The minimum atomic E-state index is 0.0167. The Morgan fingerprint density at radius 2 is 1.92 bits per heavy atom. The second-order valence-corrected chi connectivity index (χ2v) is 8.05. The molecule has 0 spiro atoms. The summed E-state index contributed by atoms with van der Waals surface area (Å²) in [6, 6.07) is 7.83. The highest BCUT2D eigenvalue weighted by Crippen LogP contribution is 2.28. The number of likely N-dealkylation sites (tertiary alicyclic amines) is 1. The molecule has 1 saturated heterocycles. The number of amides is 2. The van der Waals surface area contributed by atoms with Gasteiger partial charge in [-0.1, -0.05) is 18.5 Å². The van der Waals surface area contributed by atoms with E-state index in [4.69, 9.17) is 11.6 Å². The van der Waals surface area contributed by atoms with Gasteiger partial charge in [-0.05, 0) is 55.9 Å². The third-order valence-corrected chi connectivity index (χ3v) is 5.92. The number of halogens is 1. The summed E-state index contributed by atoms with van der Waals surface area (Å²) in [6.45, 7) is 3.41. The molecule has 138 valence electrons. The van der Waals surface area contributed by atoms with Gasteiger partial charge in [0, 0.05) is 41.0 Å². The summed E-state index contributed by atoms with van der Waals surface area (Å²) in [5.74, 6) is 0.554. The van der Waals surface area contributed by atoms with Crippen LogP contribution in [0.4, 0.5) is 0 Å². The fourth-order valence-corrected chi connectivity index (χ4v) is 3.95. The predicted octanol–water partition coefficient (Wildman–Crippen LogP) is 3.59. The van der Waals surface area contributed by atoms with Crippen molar-refractivity contribution in [2.24, 2.45) is 11.8 Å². The van der Waals surface area contributed by atoms with Crippen LogP contribution < -0.4 is 5.32 Å². The van der Waals surface area contributed by atoms with Gasteiger partial charge >= 0.3 is 0 Å². The summed E-state index contributed by atoms with van der Waals surface area (Å²) in [6.07, 6.45) is 3.97. The first-order valence-electron chi connectivity index (χ1n) is 9.39. The summed E-state index contributed by atoms with van der Waals surface area (Å²) in [4.78, 5) is 30.1. The highest BCUT2D eigenvalue weighted by molar-refractivity contribution is 6.31. The topological polar surface area (TPSA) is 65.2 Å². The van der Waals surface area contributed by atoms with Crippen LogP contribution in [-0.2, 0) is 4.79 Å². The van der Waals surface area contributed by atoms with E-state index in [2.05, 4.69) is 10.3 Å². The summed E-state index contributed by atoms with van der Waals surface area (Å²) in [7, 11) is 0. The molecule has 1 aliphatic carbocycles. The molecule has 5 nitrogen and oxygen atoms in total. The predicted molar refractivity (Wildman–Crippen MR) is 102 cm³/mol. The summed E-state index contributed by atoms with van der Waals surface area (Å²) in [5, 5.41) is 4.70. The van der Waals surface area contributed by atoms with Crippen molar-refractivity contribution >= 4 is 34.3 Å². The Kier molecular flexibility index (Phi) is 4.65. The number of carbonyl (C=O) groups is 2. The number of nitrogens with one attached hydrogen (secondary N) is 2. The number of rotatable bonds is 4. The fourth-order valence-electron chi connectivity index (χ4n) is 3.77. The maximum atomic E-state index is 12.8. The van der Waals surface area contributed by atoms with Crippen LogP contribution in [0, 0.1) is 11.8 Å². The second kappa shape index (κ2) is 6.95. The zero-order valence-electron chi connectivity index (χ0n) is 14.9. The molecule has 0 bridgehead atoms. The van der Waals surface area contributed by atoms with Gasteiger partial charge in [0.25, 0.3) is 5.91 Å². The molecule has 2 aromatic rings. The van der Waals surface area contributed by atoms with Gasteiger partial charge < -0.3 is 15.2 Å².